The van der Waals surface area contributed by atoms with Crippen molar-refractivity contribution < 1.29 is 80.2 Å². The first-order valence-electron chi connectivity index (χ1n) is 35.2. The van der Waals surface area contributed by atoms with Crippen molar-refractivity contribution in [3.63, 3.8) is 0 Å². The molecule has 0 saturated heterocycles. The minimum absolute atomic E-state index is 0.103. The number of esters is 4. The number of aliphatic hydroxyl groups excluding tert-OH is 1. The summed E-state index contributed by atoms with van der Waals surface area (Å²) in [6.45, 7) is 14.0. The largest absolute Gasteiger partial charge is 0.472 e. The normalized spacial score (nSPS) is 14.3. The Morgan fingerprint density at radius 3 is 0.713 bits per heavy atom. The first kappa shape index (κ1) is 85.1. The van der Waals surface area contributed by atoms with Crippen LogP contribution in [0.4, 0.5) is 0 Å². The van der Waals surface area contributed by atoms with E-state index in [0.29, 0.717) is 31.6 Å². The molecule has 3 N–H and O–H groups in total. The number of unbranched alkanes of at least 4 members (excludes halogenated alkanes) is 31. The van der Waals surface area contributed by atoms with E-state index >= 15 is 0 Å². The average molecular weight is 1280 g/mol. The summed E-state index contributed by atoms with van der Waals surface area (Å²) in [5, 5.41) is 10.6. The Labute approximate surface area is 530 Å². The van der Waals surface area contributed by atoms with Gasteiger partial charge in [0.15, 0.2) is 12.2 Å². The van der Waals surface area contributed by atoms with Crippen LogP contribution in [0.15, 0.2) is 0 Å². The van der Waals surface area contributed by atoms with Crippen LogP contribution >= 0.6 is 15.6 Å². The maximum Gasteiger partial charge on any atom is 0.472 e. The smallest absolute Gasteiger partial charge is 0.462 e. The van der Waals surface area contributed by atoms with E-state index in [1.165, 1.54) is 135 Å². The molecule has 5 atom stereocenters. The van der Waals surface area contributed by atoms with Gasteiger partial charge in [-0.05, 0) is 49.4 Å². The molecule has 87 heavy (non-hydrogen) atoms. The van der Waals surface area contributed by atoms with Gasteiger partial charge in [-0.3, -0.25) is 37.3 Å². The Morgan fingerprint density at radius 1 is 0.287 bits per heavy atom. The third-order valence-corrected chi connectivity index (χ3v) is 17.5. The van der Waals surface area contributed by atoms with Crippen molar-refractivity contribution in [2.24, 2.45) is 23.7 Å². The lowest BCUT2D eigenvalue weighted by atomic mass is 10.0. The summed E-state index contributed by atoms with van der Waals surface area (Å²) < 4.78 is 68.2. The highest BCUT2D eigenvalue weighted by Crippen LogP contribution is 2.45. The lowest BCUT2D eigenvalue weighted by Gasteiger charge is -2.21. The Morgan fingerprint density at radius 2 is 0.483 bits per heavy atom. The van der Waals surface area contributed by atoms with Crippen LogP contribution in [0.25, 0.3) is 0 Å². The van der Waals surface area contributed by atoms with Crippen molar-refractivity contribution in [3.8, 4) is 0 Å². The van der Waals surface area contributed by atoms with Crippen LogP contribution in [0, 0.1) is 23.7 Å². The van der Waals surface area contributed by atoms with E-state index in [2.05, 4.69) is 55.4 Å². The maximum atomic E-state index is 13.0. The van der Waals surface area contributed by atoms with Gasteiger partial charge in [-0.1, -0.05) is 280 Å². The number of carbonyl (C=O) groups excluding carboxylic acids is 4. The van der Waals surface area contributed by atoms with Gasteiger partial charge in [-0.25, -0.2) is 9.13 Å². The van der Waals surface area contributed by atoms with Crippen molar-refractivity contribution in [2.45, 2.75) is 350 Å². The first-order chi connectivity index (χ1) is 41.6. The van der Waals surface area contributed by atoms with Gasteiger partial charge in [0.1, 0.15) is 19.3 Å². The summed E-state index contributed by atoms with van der Waals surface area (Å²) >= 11 is 0. The van der Waals surface area contributed by atoms with Crippen molar-refractivity contribution in [2.75, 3.05) is 39.6 Å². The third-order valence-electron chi connectivity index (χ3n) is 15.6. The highest BCUT2D eigenvalue weighted by atomic mass is 31.2. The lowest BCUT2D eigenvalue weighted by Crippen LogP contribution is -2.30. The van der Waals surface area contributed by atoms with E-state index < -0.39 is 97.5 Å². The Bertz CT molecular complexity index is 1730. The number of phosphoric acid groups is 2. The first-order valence-corrected chi connectivity index (χ1v) is 38.2. The predicted octanol–water partition coefficient (Wildman–Crippen LogP) is 18.9. The number of ether oxygens (including phenoxy) is 4. The molecule has 3 unspecified atom stereocenters. The molecule has 0 aliphatic carbocycles. The fourth-order valence-corrected chi connectivity index (χ4v) is 11.7. The van der Waals surface area contributed by atoms with Crippen LogP contribution < -0.4 is 0 Å². The molecule has 0 fully saturated rings. The summed E-state index contributed by atoms with van der Waals surface area (Å²) in [7, 11) is -9.90. The fraction of sp³-hybridized carbons (Fsp3) is 0.941. The number of phosphoric ester groups is 2. The zero-order chi connectivity index (χ0) is 64.7. The monoisotopic (exact) mass is 1280 g/mol. The van der Waals surface area contributed by atoms with Crippen molar-refractivity contribution >= 4 is 39.5 Å². The van der Waals surface area contributed by atoms with Crippen molar-refractivity contribution in [3.05, 3.63) is 0 Å². The van der Waals surface area contributed by atoms with Crippen LogP contribution in [-0.4, -0.2) is 96.7 Å². The lowest BCUT2D eigenvalue weighted by molar-refractivity contribution is -0.161. The molecule has 0 rings (SSSR count). The quantitative estimate of drug-likeness (QED) is 0.0222. The molecular formula is C68H132O17P2. The summed E-state index contributed by atoms with van der Waals surface area (Å²) in [5.41, 5.74) is 0. The summed E-state index contributed by atoms with van der Waals surface area (Å²) in [4.78, 5) is 72.4. The minimum atomic E-state index is -4.95. The van der Waals surface area contributed by atoms with E-state index in [0.717, 1.165) is 108 Å². The summed E-state index contributed by atoms with van der Waals surface area (Å²) in [6, 6.07) is 0. The molecule has 516 valence electrons. The van der Waals surface area contributed by atoms with E-state index in [4.69, 9.17) is 37.0 Å². The number of aliphatic hydroxyl groups is 1. The Balaban J connectivity index is 5.24. The van der Waals surface area contributed by atoms with Gasteiger partial charge < -0.3 is 33.8 Å². The fourth-order valence-electron chi connectivity index (χ4n) is 10.1. The number of carbonyl (C=O) groups is 4. The van der Waals surface area contributed by atoms with Gasteiger partial charge in [0.25, 0.3) is 0 Å². The summed E-state index contributed by atoms with van der Waals surface area (Å²) in [5.74, 6) is 0.795. The number of hydrogen-bond acceptors (Lipinski definition) is 15. The van der Waals surface area contributed by atoms with Gasteiger partial charge in [0.2, 0.25) is 0 Å². The Hall–Kier alpha value is -1.94. The second-order valence-corrected chi connectivity index (χ2v) is 29.4. The van der Waals surface area contributed by atoms with Crippen LogP contribution in [-0.2, 0) is 65.4 Å². The summed E-state index contributed by atoms with van der Waals surface area (Å²) in [6.07, 6.45) is 39.1. The van der Waals surface area contributed by atoms with Crippen LogP contribution in [0.1, 0.15) is 331 Å². The molecule has 0 aromatic carbocycles. The maximum absolute atomic E-state index is 13.0. The van der Waals surface area contributed by atoms with Crippen LogP contribution in [0.5, 0.6) is 0 Å². The highest BCUT2D eigenvalue weighted by Gasteiger charge is 2.30. The molecule has 0 aliphatic rings. The zero-order valence-electron chi connectivity index (χ0n) is 56.6. The molecule has 0 aliphatic heterocycles. The van der Waals surface area contributed by atoms with Gasteiger partial charge in [0, 0.05) is 25.7 Å². The molecule has 0 bridgehead atoms. The molecule has 0 spiro atoms. The second kappa shape index (κ2) is 57.9. The second-order valence-electron chi connectivity index (χ2n) is 26.5. The number of rotatable bonds is 65. The predicted molar refractivity (Wildman–Crippen MR) is 349 cm³/mol. The molecule has 0 radical (unpaired) electrons. The van der Waals surface area contributed by atoms with Gasteiger partial charge in [-0.2, -0.15) is 0 Å². The van der Waals surface area contributed by atoms with E-state index in [1.807, 2.05) is 0 Å². The molecule has 0 saturated carbocycles. The average Bonchev–Trinajstić information content (AvgIpc) is 3.68. The van der Waals surface area contributed by atoms with E-state index in [-0.39, 0.29) is 25.7 Å². The van der Waals surface area contributed by atoms with Crippen molar-refractivity contribution in [1.29, 1.82) is 0 Å². The van der Waals surface area contributed by atoms with Crippen molar-refractivity contribution in [1.82, 2.24) is 0 Å². The SMILES string of the molecule is CC(C)CCCCCCCCCCCCCC(=O)OC[C@H](COP(=O)(O)OCC(O)COP(=O)(O)OC[C@@H](COC(=O)CCCCCCCCCCC(C)C)OC(=O)CCCCCCCCCCCC(C)C)OC(=O)CCCCCCCCCC(C)C. The highest BCUT2D eigenvalue weighted by molar-refractivity contribution is 7.47. The van der Waals surface area contributed by atoms with Gasteiger partial charge in [-0.15, -0.1) is 0 Å². The third kappa shape index (κ3) is 62.6. The van der Waals surface area contributed by atoms with Gasteiger partial charge in [0.05, 0.1) is 26.4 Å². The Kier molecular flexibility index (Phi) is 56.6. The molecular weight excluding hydrogens is 1150 g/mol. The molecule has 0 heterocycles. The zero-order valence-corrected chi connectivity index (χ0v) is 58.4. The standard InChI is InChI=1S/C68H132O17P2/c1-58(2)44-36-28-20-13-10-9-11-15-24-32-40-48-65(70)78-55-64(85-68(73)51-43-35-27-19-23-31-39-47-61(7)8)57-83-87(76,77)81-53-62(69)52-80-86(74,75)82-56-63(54-79-66(71)49-41-33-25-18-17-22-30-38-46-60(5)6)84-67(72)50-42-34-26-16-12-14-21-29-37-45-59(3)4/h58-64,69H,9-57H2,1-8H3,(H,74,75)(H,76,77)/t62?,63-,64-/m1/s1. The van der Waals surface area contributed by atoms with Gasteiger partial charge >= 0.3 is 39.5 Å². The van der Waals surface area contributed by atoms with Crippen LogP contribution in [0.3, 0.4) is 0 Å². The molecule has 0 amide bonds. The topological polar surface area (TPSA) is 237 Å². The molecule has 19 heteroatoms. The minimum Gasteiger partial charge on any atom is -0.462 e. The number of hydrogen-bond donors (Lipinski definition) is 3. The molecule has 17 nitrogen and oxygen atoms in total. The molecule has 0 aromatic rings. The van der Waals surface area contributed by atoms with Crippen LogP contribution in [0.2, 0.25) is 0 Å². The van der Waals surface area contributed by atoms with E-state index in [9.17, 15) is 43.2 Å². The van der Waals surface area contributed by atoms with E-state index in [1.54, 1.807) is 0 Å². The molecule has 0 aromatic heterocycles.